The van der Waals surface area contributed by atoms with Crippen LogP contribution in [0.5, 0.6) is 11.5 Å². The highest BCUT2D eigenvalue weighted by Crippen LogP contribution is 2.30. The molecule has 210 valence electrons. The molecule has 2 fully saturated rings. The van der Waals surface area contributed by atoms with E-state index < -0.39 is 0 Å². The predicted octanol–water partition coefficient (Wildman–Crippen LogP) is 4.46. The van der Waals surface area contributed by atoms with Gasteiger partial charge in [-0.2, -0.15) is 0 Å². The maximum atomic E-state index is 13.7. The van der Waals surface area contributed by atoms with Gasteiger partial charge < -0.3 is 29.5 Å². The van der Waals surface area contributed by atoms with E-state index in [0.717, 1.165) is 67.5 Å². The van der Waals surface area contributed by atoms with Crippen molar-refractivity contribution in [1.29, 1.82) is 0 Å². The Labute approximate surface area is 236 Å². The molecule has 2 aliphatic rings. The lowest BCUT2D eigenvalue weighted by Gasteiger charge is -2.38. The first-order valence-electron chi connectivity index (χ1n) is 14.1. The second kappa shape index (κ2) is 12.8. The van der Waals surface area contributed by atoms with E-state index in [4.69, 9.17) is 9.47 Å². The van der Waals surface area contributed by atoms with Crippen LogP contribution in [0.25, 0.3) is 0 Å². The summed E-state index contributed by atoms with van der Waals surface area (Å²) in [5.74, 6) is 1.62. The largest absolute Gasteiger partial charge is 0.497 e. The molecule has 0 saturated carbocycles. The van der Waals surface area contributed by atoms with Crippen molar-refractivity contribution in [2.45, 2.75) is 25.8 Å². The van der Waals surface area contributed by atoms with Gasteiger partial charge in [0.05, 0.1) is 25.0 Å². The number of para-hydroxylation sites is 3. The highest BCUT2D eigenvalue weighted by Gasteiger charge is 2.28. The van der Waals surface area contributed by atoms with E-state index in [0.29, 0.717) is 25.3 Å². The molecule has 0 aliphatic carbocycles. The number of nitrogens with zero attached hydrogens (tertiary/aromatic N) is 3. The van der Waals surface area contributed by atoms with Gasteiger partial charge in [-0.3, -0.25) is 9.59 Å². The molecule has 2 amide bonds. The maximum absolute atomic E-state index is 13.7. The monoisotopic (exact) mass is 542 g/mol. The van der Waals surface area contributed by atoms with Gasteiger partial charge in [0.15, 0.2) is 0 Å². The topological polar surface area (TPSA) is 74.4 Å². The molecule has 40 heavy (non-hydrogen) atoms. The van der Waals surface area contributed by atoms with Gasteiger partial charge in [-0.25, -0.2) is 0 Å². The first kappa shape index (κ1) is 27.4. The summed E-state index contributed by atoms with van der Waals surface area (Å²) < 4.78 is 11.0. The molecule has 0 bridgehead atoms. The van der Waals surface area contributed by atoms with Crippen LogP contribution < -0.4 is 24.6 Å². The van der Waals surface area contributed by atoms with Gasteiger partial charge in [-0.05, 0) is 68.3 Å². The standard InChI is InChI=1S/C32H38N4O4/c1-3-40-30-11-7-6-10-29(30)35-20-22-36(23-21-35)32(38)27-8-4-5-9-28(27)34-18-16-25(17-19-34)33-31(37)24-12-14-26(39-2)15-13-24/h4-15,25H,3,16-23H2,1-2H3,(H,33,37). The molecule has 0 atom stereocenters. The number of rotatable bonds is 8. The number of benzene rings is 3. The summed E-state index contributed by atoms with van der Waals surface area (Å²) in [6.45, 7) is 7.01. The molecule has 1 N–H and O–H groups in total. The molecule has 3 aromatic rings. The normalized spacial score (nSPS) is 16.0. The van der Waals surface area contributed by atoms with E-state index in [2.05, 4.69) is 21.2 Å². The predicted molar refractivity (Wildman–Crippen MR) is 158 cm³/mol. The molecule has 8 nitrogen and oxygen atoms in total. The number of ether oxygens (including phenoxy) is 2. The summed E-state index contributed by atoms with van der Waals surface area (Å²) in [6.07, 6.45) is 1.64. The highest BCUT2D eigenvalue weighted by molar-refractivity contribution is 6.00. The number of piperidine rings is 1. The molecule has 2 heterocycles. The van der Waals surface area contributed by atoms with E-state index in [1.807, 2.05) is 54.3 Å². The smallest absolute Gasteiger partial charge is 0.256 e. The molecule has 0 spiro atoms. The SMILES string of the molecule is CCOc1ccccc1N1CCN(C(=O)c2ccccc2N2CCC(NC(=O)c3ccc(OC)cc3)CC2)CC1. The van der Waals surface area contributed by atoms with Crippen LogP contribution in [0.1, 0.15) is 40.5 Å². The second-order valence-electron chi connectivity index (χ2n) is 10.2. The van der Waals surface area contributed by atoms with Gasteiger partial charge in [-0.1, -0.05) is 24.3 Å². The van der Waals surface area contributed by atoms with Crippen molar-refractivity contribution in [2.75, 3.05) is 62.8 Å². The van der Waals surface area contributed by atoms with Gasteiger partial charge >= 0.3 is 0 Å². The van der Waals surface area contributed by atoms with Gasteiger partial charge in [0.25, 0.3) is 11.8 Å². The minimum absolute atomic E-state index is 0.0697. The third-order valence-electron chi connectivity index (χ3n) is 7.73. The molecular formula is C32H38N4O4. The summed E-state index contributed by atoms with van der Waals surface area (Å²) in [6, 6.07) is 23.3. The van der Waals surface area contributed by atoms with Crippen LogP contribution in [0.2, 0.25) is 0 Å². The van der Waals surface area contributed by atoms with E-state index in [1.54, 1.807) is 31.4 Å². The maximum Gasteiger partial charge on any atom is 0.256 e. The Morgan fingerprint density at radius 2 is 1.43 bits per heavy atom. The highest BCUT2D eigenvalue weighted by atomic mass is 16.5. The van der Waals surface area contributed by atoms with Crippen LogP contribution >= 0.6 is 0 Å². The van der Waals surface area contributed by atoms with Crippen LogP contribution in [0, 0.1) is 0 Å². The molecule has 8 heteroatoms. The van der Waals surface area contributed by atoms with Crippen molar-refractivity contribution in [2.24, 2.45) is 0 Å². The summed E-state index contributed by atoms with van der Waals surface area (Å²) >= 11 is 0. The minimum atomic E-state index is -0.0697. The van der Waals surface area contributed by atoms with Crippen LogP contribution in [0.4, 0.5) is 11.4 Å². The molecule has 0 aromatic heterocycles. The summed E-state index contributed by atoms with van der Waals surface area (Å²) in [4.78, 5) is 32.9. The Morgan fingerprint density at radius 3 is 2.10 bits per heavy atom. The Kier molecular flexibility index (Phi) is 8.74. The van der Waals surface area contributed by atoms with Crippen molar-refractivity contribution in [3.05, 3.63) is 83.9 Å². The average molecular weight is 543 g/mol. The zero-order valence-corrected chi connectivity index (χ0v) is 23.3. The van der Waals surface area contributed by atoms with E-state index in [-0.39, 0.29) is 17.9 Å². The summed E-state index contributed by atoms with van der Waals surface area (Å²) in [7, 11) is 1.61. The quantitative estimate of drug-likeness (QED) is 0.453. The second-order valence-corrected chi connectivity index (χ2v) is 10.2. The first-order chi connectivity index (χ1) is 19.6. The molecule has 2 saturated heterocycles. The average Bonchev–Trinajstić information content (AvgIpc) is 3.02. The molecule has 2 aliphatic heterocycles. The van der Waals surface area contributed by atoms with Crippen molar-refractivity contribution >= 4 is 23.2 Å². The van der Waals surface area contributed by atoms with Crippen molar-refractivity contribution in [1.82, 2.24) is 10.2 Å². The van der Waals surface area contributed by atoms with Crippen LogP contribution in [-0.4, -0.2) is 75.7 Å². The third-order valence-corrected chi connectivity index (χ3v) is 7.73. The van der Waals surface area contributed by atoms with E-state index in [1.165, 1.54) is 0 Å². The van der Waals surface area contributed by atoms with Crippen molar-refractivity contribution < 1.29 is 19.1 Å². The van der Waals surface area contributed by atoms with Gasteiger partial charge in [0, 0.05) is 56.6 Å². The number of piperazine rings is 1. The van der Waals surface area contributed by atoms with Crippen LogP contribution in [-0.2, 0) is 0 Å². The van der Waals surface area contributed by atoms with Gasteiger partial charge in [0.1, 0.15) is 11.5 Å². The fourth-order valence-corrected chi connectivity index (χ4v) is 5.52. The molecule has 0 unspecified atom stereocenters. The number of methoxy groups -OCH3 is 1. The number of carbonyl (C=O) groups is 2. The number of amides is 2. The zero-order chi connectivity index (χ0) is 27.9. The lowest BCUT2D eigenvalue weighted by atomic mass is 10.0. The number of hydrogen-bond acceptors (Lipinski definition) is 6. The minimum Gasteiger partial charge on any atom is -0.497 e. The summed E-state index contributed by atoms with van der Waals surface area (Å²) in [5.41, 5.74) is 3.42. The third kappa shape index (κ3) is 6.17. The van der Waals surface area contributed by atoms with E-state index in [9.17, 15) is 9.59 Å². The van der Waals surface area contributed by atoms with Gasteiger partial charge in [0.2, 0.25) is 0 Å². The first-order valence-corrected chi connectivity index (χ1v) is 14.1. The van der Waals surface area contributed by atoms with Gasteiger partial charge in [-0.15, -0.1) is 0 Å². The van der Waals surface area contributed by atoms with Crippen molar-refractivity contribution in [3.63, 3.8) is 0 Å². The fraction of sp³-hybridized carbons (Fsp3) is 0.375. The fourth-order valence-electron chi connectivity index (χ4n) is 5.52. The molecule has 5 rings (SSSR count). The Bertz CT molecular complexity index is 1300. The number of nitrogens with one attached hydrogen (secondary N) is 1. The number of anilines is 2. The Balaban J connectivity index is 1.18. The Hall–Kier alpha value is -4.20. The van der Waals surface area contributed by atoms with E-state index >= 15 is 0 Å². The number of hydrogen-bond donors (Lipinski definition) is 1. The number of carbonyl (C=O) groups excluding carboxylic acids is 2. The molecule has 3 aromatic carbocycles. The van der Waals surface area contributed by atoms with Crippen LogP contribution in [0.15, 0.2) is 72.8 Å². The zero-order valence-electron chi connectivity index (χ0n) is 23.3. The lowest BCUT2D eigenvalue weighted by molar-refractivity contribution is 0.0747. The van der Waals surface area contributed by atoms with Crippen molar-refractivity contribution in [3.8, 4) is 11.5 Å². The Morgan fingerprint density at radius 1 is 0.800 bits per heavy atom. The molecule has 0 radical (unpaired) electrons. The lowest BCUT2D eigenvalue weighted by Crippen LogP contribution is -2.49. The molecular weight excluding hydrogens is 504 g/mol. The summed E-state index contributed by atoms with van der Waals surface area (Å²) in [5, 5.41) is 3.17. The van der Waals surface area contributed by atoms with Crippen LogP contribution in [0.3, 0.4) is 0 Å².